The molecule has 1 aliphatic rings. The Kier molecular flexibility index (Phi) is 5.97. The molecule has 0 aromatic heterocycles. The summed E-state index contributed by atoms with van der Waals surface area (Å²) in [7, 11) is -3.45. The molecule has 0 saturated carbocycles. The Morgan fingerprint density at radius 1 is 1.14 bits per heavy atom. The van der Waals surface area contributed by atoms with Gasteiger partial charge in [0.05, 0.1) is 0 Å². The van der Waals surface area contributed by atoms with Gasteiger partial charge in [-0.3, -0.25) is 4.90 Å². The highest BCUT2D eigenvalue weighted by atomic mass is 32.2. The minimum atomic E-state index is -3.45. The molecule has 124 valence electrons. The molecule has 0 aliphatic carbocycles. The van der Waals surface area contributed by atoms with Crippen LogP contribution in [0.15, 0.2) is 24.3 Å². The van der Waals surface area contributed by atoms with E-state index in [2.05, 4.69) is 45.5 Å². The predicted octanol–water partition coefficient (Wildman–Crippen LogP) is 1.96. The van der Waals surface area contributed by atoms with Crippen LogP contribution >= 0.6 is 0 Å². The van der Waals surface area contributed by atoms with Gasteiger partial charge in [0, 0.05) is 18.6 Å². The average molecular weight is 325 g/mol. The minimum Gasteiger partial charge on any atom is -0.295 e. The van der Waals surface area contributed by atoms with Crippen molar-refractivity contribution < 1.29 is 8.42 Å². The molecule has 0 bridgehead atoms. The van der Waals surface area contributed by atoms with Gasteiger partial charge < -0.3 is 0 Å². The third kappa shape index (κ3) is 5.05. The van der Waals surface area contributed by atoms with Crippen LogP contribution in [0.1, 0.15) is 43.9 Å². The maximum absolute atomic E-state index is 12.0. The van der Waals surface area contributed by atoms with Crippen molar-refractivity contribution in [1.82, 2.24) is 14.3 Å². The Labute approximate surface area is 134 Å². The normalized spacial score (nSPS) is 18.0. The number of hydrogen-bond acceptors (Lipinski definition) is 3. The second-order valence-electron chi connectivity index (χ2n) is 6.29. The lowest BCUT2D eigenvalue weighted by Crippen LogP contribution is -2.44. The van der Waals surface area contributed by atoms with Gasteiger partial charge in [0.1, 0.15) is 0 Å². The number of nitrogens with one attached hydrogen (secondary N) is 2. The SMILES string of the molecule is Cc1ccc(C(CNS(=O)(=O)NC(C)C)N2CCCC2)cc1. The van der Waals surface area contributed by atoms with Gasteiger partial charge in [-0.25, -0.2) is 4.72 Å². The van der Waals surface area contributed by atoms with Gasteiger partial charge in [0.15, 0.2) is 0 Å². The standard InChI is InChI=1S/C16H27N3O2S/c1-13(2)18-22(20,21)17-12-16(19-10-4-5-11-19)15-8-6-14(3)7-9-15/h6-9,13,16-18H,4-5,10-12H2,1-3H3. The molecule has 1 atom stereocenters. The zero-order valence-electron chi connectivity index (χ0n) is 13.7. The van der Waals surface area contributed by atoms with E-state index in [4.69, 9.17) is 0 Å². The summed E-state index contributed by atoms with van der Waals surface area (Å²) in [6, 6.07) is 8.35. The third-order valence-corrected chi connectivity index (χ3v) is 5.23. The van der Waals surface area contributed by atoms with E-state index in [9.17, 15) is 8.42 Å². The van der Waals surface area contributed by atoms with Crippen molar-refractivity contribution >= 4 is 10.2 Å². The first-order valence-corrected chi connectivity index (χ1v) is 9.43. The summed E-state index contributed by atoms with van der Waals surface area (Å²) in [6.45, 7) is 8.14. The van der Waals surface area contributed by atoms with E-state index in [1.807, 2.05) is 13.8 Å². The highest BCUT2D eigenvalue weighted by Gasteiger charge is 2.25. The van der Waals surface area contributed by atoms with E-state index in [0.717, 1.165) is 13.1 Å². The Balaban J connectivity index is 2.10. The molecule has 1 aromatic carbocycles. The minimum absolute atomic E-state index is 0.0897. The van der Waals surface area contributed by atoms with E-state index >= 15 is 0 Å². The van der Waals surface area contributed by atoms with Crippen molar-refractivity contribution in [3.05, 3.63) is 35.4 Å². The maximum atomic E-state index is 12.0. The Bertz CT molecular complexity index is 564. The van der Waals surface area contributed by atoms with E-state index in [-0.39, 0.29) is 12.1 Å². The fourth-order valence-electron chi connectivity index (χ4n) is 2.84. The molecule has 1 unspecified atom stereocenters. The highest BCUT2D eigenvalue weighted by molar-refractivity contribution is 7.87. The number of likely N-dealkylation sites (tertiary alicyclic amines) is 1. The molecule has 1 fully saturated rings. The van der Waals surface area contributed by atoms with Crippen molar-refractivity contribution in [3.63, 3.8) is 0 Å². The molecule has 6 heteroatoms. The number of rotatable bonds is 7. The van der Waals surface area contributed by atoms with E-state index in [0.29, 0.717) is 6.54 Å². The van der Waals surface area contributed by atoms with Gasteiger partial charge in [0.2, 0.25) is 0 Å². The summed E-state index contributed by atoms with van der Waals surface area (Å²) in [5.74, 6) is 0. The van der Waals surface area contributed by atoms with Crippen LogP contribution in [0.4, 0.5) is 0 Å². The zero-order valence-corrected chi connectivity index (χ0v) is 14.5. The average Bonchev–Trinajstić information content (AvgIpc) is 2.93. The molecule has 0 spiro atoms. The summed E-state index contributed by atoms with van der Waals surface area (Å²) in [4.78, 5) is 2.36. The van der Waals surface area contributed by atoms with Crippen molar-refractivity contribution in [1.29, 1.82) is 0 Å². The van der Waals surface area contributed by atoms with Crippen molar-refractivity contribution in [2.75, 3.05) is 19.6 Å². The van der Waals surface area contributed by atoms with Crippen molar-refractivity contribution in [2.24, 2.45) is 0 Å². The summed E-state index contributed by atoms with van der Waals surface area (Å²) in [6.07, 6.45) is 2.36. The van der Waals surface area contributed by atoms with Crippen LogP contribution in [-0.4, -0.2) is 39.0 Å². The van der Waals surface area contributed by atoms with Crippen LogP contribution in [-0.2, 0) is 10.2 Å². The number of aryl methyl sites for hydroxylation is 1. The van der Waals surface area contributed by atoms with E-state index < -0.39 is 10.2 Å². The molecule has 1 aliphatic heterocycles. The van der Waals surface area contributed by atoms with Crippen molar-refractivity contribution in [2.45, 2.75) is 45.7 Å². The Morgan fingerprint density at radius 3 is 2.27 bits per heavy atom. The summed E-state index contributed by atoms with van der Waals surface area (Å²) < 4.78 is 29.3. The molecular formula is C16H27N3O2S. The lowest BCUT2D eigenvalue weighted by atomic mass is 10.0. The molecule has 2 N–H and O–H groups in total. The molecule has 0 radical (unpaired) electrons. The lowest BCUT2D eigenvalue weighted by molar-refractivity contribution is 0.246. The molecule has 1 aromatic rings. The van der Waals surface area contributed by atoms with Crippen LogP contribution in [0.2, 0.25) is 0 Å². The second-order valence-corrected chi connectivity index (χ2v) is 7.83. The van der Waals surface area contributed by atoms with Gasteiger partial charge in [-0.1, -0.05) is 29.8 Å². The number of benzene rings is 1. The Morgan fingerprint density at radius 2 is 1.73 bits per heavy atom. The summed E-state index contributed by atoms with van der Waals surface area (Å²) in [5.41, 5.74) is 2.38. The molecule has 1 saturated heterocycles. The van der Waals surface area contributed by atoms with Gasteiger partial charge in [-0.15, -0.1) is 0 Å². The monoisotopic (exact) mass is 325 g/mol. The topological polar surface area (TPSA) is 61.4 Å². The molecule has 0 amide bonds. The second kappa shape index (κ2) is 7.55. The molecule has 22 heavy (non-hydrogen) atoms. The fourth-order valence-corrected chi connectivity index (χ4v) is 3.92. The first kappa shape index (κ1) is 17.4. The lowest BCUT2D eigenvalue weighted by Gasteiger charge is -2.28. The van der Waals surface area contributed by atoms with Crippen LogP contribution in [0, 0.1) is 6.92 Å². The smallest absolute Gasteiger partial charge is 0.277 e. The summed E-state index contributed by atoms with van der Waals surface area (Å²) in [5, 5.41) is 0. The predicted molar refractivity (Wildman–Crippen MR) is 89.9 cm³/mol. The van der Waals surface area contributed by atoms with Crippen LogP contribution < -0.4 is 9.44 Å². The summed E-state index contributed by atoms with van der Waals surface area (Å²) >= 11 is 0. The van der Waals surface area contributed by atoms with Gasteiger partial charge in [-0.2, -0.15) is 13.1 Å². The van der Waals surface area contributed by atoms with Crippen LogP contribution in [0.5, 0.6) is 0 Å². The van der Waals surface area contributed by atoms with Gasteiger partial charge >= 0.3 is 0 Å². The molecule has 5 nitrogen and oxygen atoms in total. The van der Waals surface area contributed by atoms with E-state index in [1.165, 1.54) is 24.0 Å². The number of nitrogens with zero attached hydrogens (tertiary/aromatic N) is 1. The first-order valence-electron chi connectivity index (χ1n) is 7.95. The van der Waals surface area contributed by atoms with Crippen molar-refractivity contribution in [3.8, 4) is 0 Å². The Hall–Kier alpha value is -0.950. The molecule has 1 heterocycles. The molecular weight excluding hydrogens is 298 g/mol. The zero-order chi connectivity index (χ0) is 16.2. The van der Waals surface area contributed by atoms with Crippen LogP contribution in [0.25, 0.3) is 0 Å². The molecule has 2 rings (SSSR count). The van der Waals surface area contributed by atoms with E-state index in [1.54, 1.807) is 0 Å². The quantitative estimate of drug-likeness (QED) is 0.806. The first-order chi connectivity index (χ1) is 10.4. The van der Waals surface area contributed by atoms with Gasteiger partial charge in [0.25, 0.3) is 10.2 Å². The van der Waals surface area contributed by atoms with Gasteiger partial charge in [-0.05, 0) is 52.3 Å². The maximum Gasteiger partial charge on any atom is 0.277 e. The fraction of sp³-hybridized carbons (Fsp3) is 0.625. The third-order valence-electron chi connectivity index (χ3n) is 3.90. The van der Waals surface area contributed by atoms with Crippen LogP contribution in [0.3, 0.4) is 0 Å². The number of hydrogen-bond donors (Lipinski definition) is 2. The highest BCUT2D eigenvalue weighted by Crippen LogP contribution is 2.25. The largest absolute Gasteiger partial charge is 0.295 e.